The predicted molar refractivity (Wildman–Crippen MR) is 134 cm³/mol. The number of rotatable bonds is 5. The van der Waals surface area contributed by atoms with Gasteiger partial charge in [-0.2, -0.15) is 0 Å². The van der Waals surface area contributed by atoms with Crippen LogP contribution in [-0.4, -0.2) is 0 Å². The highest BCUT2D eigenvalue weighted by molar-refractivity contribution is 5.86. The van der Waals surface area contributed by atoms with Crippen molar-refractivity contribution in [3.63, 3.8) is 0 Å². The van der Waals surface area contributed by atoms with Crippen molar-refractivity contribution in [2.75, 3.05) is 0 Å². The molecule has 0 fully saturated rings. The van der Waals surface area contributed by atoms with E-state index in [1.807, 2.05) is 0 Å². The van der Waals surface area contributed by atoms with Gasteiger partial charge in [0.05, 0.1) is 0 Å². The molecule has 0 radical (unpaired) electrons. The summed E-state index contributed by atoms with van der Waals surface area (Å²) in [5.41, 5.74) is 12.1. The van der Waals surface area contributed by atoms with E-state index < -0.39 is 0 Å². The van der Waals surface area contributed by atoms with E-state index in [0.29, 0.717) is 5.92 Å². The van der Waals surface area contributed by atoms with Gasteiger partial charge in [0.25, 0.3) is 0 Å². The van der Waals surface area contributed by atoms with Crippen molar-refractivity contribution >= 4 is 6.08 Å². The van der Waals surface area contributed by atoms with E-state index >= 15 is 0 Å². The SMILES string of the molecule is CC(C)CC1=Cc2c(cccc2-c2cc(-c3ccccc3)cc(-c3ccccc3)c2)C1. The minimum Gasteiger partial charge on any atom is -0.0649 e. The van der Waals surface area contributed by atoms with E-state index in [0.717, 1.165) is 6.42 Å². The fourth-order valence-corrected chi connectivity index (χ4v) is 4.72. The zero-order valence-electron chi connectivity index (χ0n) is 18.3. The highest BCUT2D eigenvalue weighted by Gasteiger charge is 2.18. The summed E-state index contributed by atoms with van der Waals surface area (Å²) in [6, 6.07) is 35.2. The van der Waals surface area contributed by atoms with Crippen LogP contribution < -0.4 is 0 Å². The summed E-state index contributed by atoms with van der Waals surface area (Å²) in [4.78, 5) is 0. The molecular weight excluding hydrogens is 372 g/mol. The molecule has 4 aromatic rings. The lowest BCUT2D eigenvalue weighted by molar-refractivity contribution is 0.638. The Hall–Kier alpha value is -3.38. The quantitative estimate of drug-likeness (QED) is 0.314. The maximum Gasteiger partial charge on any atom is -0.00575 e. The standard InChI is InChI=1S/C31H28/c1-22(2)16-23-17-26-14-9-15-30(31(26)18-23)29-20-27(24-10-5-3-6-11-24)19-28(21-29)25-12-7-4-8-13-25/h3-15,18-22H,16-17H2,1-2H3. The molecule has 0 heteroatoms. The maximum atomic E-state index is 2.45. The Bertz CT molecular complexity index is 1170. The van der Waals surface area contributed by atoms with Crippen LogP contribution in [0.5, 0.6) is 0 Å². The van der Waals surface area contributed by atoms with Crippen LogP contribution in [0.1, 0.15) is 31.4 Å². The Labute approximate surface area is 185 Å². The van der Waals surface area contributed by atoms with Crippen LogP contribution in [0.15, 0.2) is 103 Å². The largest absolute Gasteiger partial charge is 0.0649 e. The molecule has 5 rings (SSSR count). The normalized spacial score (nSPS) is 12.7. The Balaban J connectivity index is 1.67. The zero-order valence-corrected chi connectivity index (χ0v) is 18.3. The molecule has 0 aromatic heterocycles. The first-order valence-corrected chi connectivity index (χ1v) is 11.2. The summed E-state index contributed by atoms with van der Waals surface area (Å²) in [5.74, 6) is 0.690. The summed E-state index contributed by atoms with van der Waals surface area (Å²) >= 11 is 0. The first kappa shape index (κ1) is 19.6. The molecule has 0 nitrogen and oxygen atoms in total. The third-order valence-electron chi connectivity index (χ3n) is 6.09. The third kappa shape index (κ3) is 4.11. The van der Waals surface area contributed by atoms with Gasteiger partial charge in [0.2, 0.25) is 0 Å². The third-order valence-corrected chi connectivity index (χ3v) is 6.09. The topological polar surface area (TPSA) is 0 Å². The molecule has 31 heavy (non-hydrogen) atoms. The number of benzene rings is 4. The van der Waals surface area contributed by atoms with Crippen molar-refractivity contribution < 1.29 is 0 Å². The molecule has 0 saturated carbocycles. The van der Waals surface area contributed by atoms with Crippen LogP contribution in [0.4, 0.5) is 0 Å². The molecule has 0 spiro atoms. The molecule has 0 unspecified atom stereocenters. The second kappa shape index (κ2) is 8.40. The molecule has 1 aliphatic rings. The van der Waals surface area contributed by atoms with Gasteiger partial charge in [-0.05, 0) is 81.5 Å². The van der Waals surface area contributed by atoms with Crippen LogP contribution in [0.25, 0.3) is 39.5 Å². The number of allylic oxidation sites excluding steroid dienone is 1. The lowest BCUT2D eigenvalue weighted by Crippen LogP contribution is -1.92. The molecule has 0 N–H and O–H groups in total. The Morgan fingerprint density at radius 3 is 1.77 bits per heavy atom. The van der Waals surface area contributed by atoms with Gasteiger partial charge >= 0.3 is 0 Å². The predicted octanol–water partition coefficient (Wildman–Crippen LogP) is 8.67. The Kier molecular flexibility index (Phi) is 5.30. The molecule has 0 amide bonds. The Morgan fingerprint density at radius 2 is 1.19 bits per heavy atom. The van der Waals surface area contributed by atoms with Gasteiger partial charge < -0.3 is 0 Å². The van der Waals surface area contributed by atoms with Crippen LogP contribution >= 0.6 is 0 Å². The van der Waals surface area contributed by atoms with Crippen LogP contribution in [0, 0.1) is 5.92 Å². The van der Waals surface area contributed by atoms with E-state index in [-0.39, 0.29) is 0 Å². The van der Waals surface area contributed by atoms with Crippen LogP contribution in [0.2, 0.25) is 0 Å². The van der Waals surface area contributed by atoms with E-state index in [1.165, 1.54) is 50.9 Å². The first-order chi connectivity index (χ1) is 15.2. The van der Waals surface area contributed by atoms with Gasteiger partial charge in [-0.25, -0.2) is 0 Å². The molecule has 0 heterocycles. The zero-order chi connectivity index (χ0) is 21.2. The van der Waals surface area contributed by atoms with Crippen molar-refractivity contribution in [2.24, 2.45) is 5.92 Å². The molecule has 0 saturated heterocycles. The van der Waals surface area contributed by atoms with E-state index in [2.05, 4.69) is 117 Å². The average Bonchev–Trinajstić information content (AvgIpc) is 3.21. The van der Waals surface area contributed by atoms with Gasteiger partial charge in [0, 0.05) is 0 Å². The summed E-state index contributed by atoms with van der Waals surface area (Å²) in [6.07, 6.45) is 4.71. The van der Waals surface area contributed by atoms with Crippen LogP contribution in [0.3, 0.4) is 0 Å². The highest BCUT2D eigenvalue weighted by atomic mass is 14.2. The summed E-state index contributed by atoms with van der Waals surface area (Å²) in [5, 5.41) is 0. The van der Waals surface area contributed by atoms with Gasteiger partial charge in [0.1, 0.15) is 0 Å². The minimum absolute atomic E-state index is 0.690. The van der Waals surface area contributed by atoms with Crippen molar-refractivity contribution in [1.82, 2.24) is 0 Å². The smallest absolute Gasteiger partial charge is 0.00575 e. The highest BCUT2D eigenvalue weighted by Crippen LogP contribution is 2.39. The second-order valence-electron chi connectivity index (χ2n) is 8.99. The van der Waals surface area contributed by atoms with Gasteiger partial charge in [-0.15, -0.1) is 0 Å². The van der Waals surface area contributed by atoms with E-state index in [9.17, 15) is 0 Å². The lowest BCUT2D eigenvalue weighted by atomic mass is 9.91. The van der Waals surface area contributed by atoms with Crippen molar-refractivity contribution in [2.45, 2.75) is 26.7 Å². The Morgan fingerprint density at radius 1 is 0.613 bits per heavy atom. The van der Waals surface area contributed by atoms with Crippen molar-refractivity contribution in [1.29, 1.82) is 0 Å². The maximum absolute atomic E-state index is 2.45. The average molecular weight is 401 g/mol. The number of fused-ring (bicyclic) bond motifs is 1. The summed E-state index contributed by atoms with van der Waals surface area (Å²) < 4.78 is 0. The summed E-state index contributed by atoms with van der Waals surface area (Å²) in [7, 11) is 0. The molecule has 1 aliphatic carbocycles. The lowest BCUT2D eigenvalue weighted by Gasteiger charge is -2.13. The number of hydrogen-bond acceptors (Lipinski definition) is 0. The monoisotopic (exact) mass is 400 g/mol. The molecule has 4 aromatic carbocycles. The molecule has 0 bridgehead atoms. The molecule has 152 valence electrons. The molecule has 0 aliphatic heterocycles. The molecule has 0 atom stereocenters. The fraction of sp³-hybridized carbons (Fsp3) is 0.161. The van der Waals surface area contributed by atoms with Gasteiger partial charge in [-0.1, -0.05) is 104 Å². The van der Waals surface area contributed by atoms with E-state index in [1.54, 1.807) is 5.57 Å². The van der Waals surface area contributed by atoms with Crippen molar-refractivity contribution in [3.8, 4) is 33.4 Å². The molecular formula is C31H28. The van der Waals surface area contributed by atoms with E-state index in [4.69, 9.17) is 0 Å². The summed E-state index contributed by atoms with van der Waals surface area (Å²) in [6.45, 7) is 4.61. The van der Waals surface area contributed by atoms with Crippen molar-refractivity contribution in [3.05, 3.63) is 114 Å². The van der Waals surface area contributed by atoms with Gasteiger partial charge in [0.15, 0.2) is 0 Å². The first-order valence-electron chi connectivity index (χ1n) is 11.2. The fourth-order valence-electron chi connectivity index (χ4n) is 4.72. The van der Waals surface area contributed by atoms with Gasteiger partial charge in [-0.3, -0.25) is 0 Å². The number of hydrogen-bond donors (Lipinski definition) is 0. The second-order valence-corrected chi connectivity index (χ2v) is 8.99. The minimum atomic E-state index is 0.690. The van der Waals surface area contributed by atoms with Crippen LogP contribution in [-0.2, 0) is 6.42 Å².